The van der Waals surface area contributed by atoms with Crippen LogP contribution in [0.15, 0.2) is 0 Å². The Kier molecular flexibility index (Phi) is 34.4. The number of rotatable bonds is 16. The fourth-order valence-electron chi connectivity index (χ4n) is 14.4. The Morgan fingerprint density at radius 3 is 0.543 bits per heavy atom. The number of hydrogen-bond donors (Lipinski definition) is 4. The molecule has 8 rings (SSSR count). The predicted molar refractivity (Wildman–Crippen MR) is 320 cm³/mol. The van der Waals surface area contributed by atoms with E-state index in [0.29, 0.717) is 0 Å². The molecule has 8 fully saturated rings. The number of nitrogens with one attached hydrogen (secondary N) is 4. The van der Waals surface area contributed by atoms with Gasteiger partial charge in [0.2, 0.25) is 0 Å². The van der Waals surface area contributed by atoms with Gasteiger partial charge in [-0.05, 0) is 77.0 Å². The molecule has 0 atom stereocenters. The maximum Gasteiger partial charge on any atom is 2.00 e. The molecule has 0 aromatic heterocycles. The minimum atomic E-state index is -1.29. The summed E-state index contributed by atoms with van der Waals surface area (Å²) in [6, 6.07) is 2.92. The SMILES string of the molecule is C[Si](C)(C[NH+]1CCCCC1)[N-]C1CCCCC1.C[Si](C)(C[NH+]1CCCCC1)[N-]C1CCCCC1.C[Si](C)(C[NH+]1CCCCC1)[N-]C1CCCCC1.C[Si](C)(C[NH+]1CCCCC1)[N-]C1CCCCC1.[Mg+2].[Mg+2]. The van der Waals surface area contributed by atoms with Crippen LogP contribution in [0.4, 0.5) is 0 Å². The third kappa shape index (κ3) is 29.7. The van der Waals surface area contributed by atoms with Crippen molar-refractivity contribution in [2.75, 3.05) is 77.0 Å². The van der Waals surface area contributed by atoms with E-state index in [0.717, 1.165) is 24.2 Å². The molecule has 4 N–H and O–H groups in total. The van der Waals surface area contributed by atoms with Crippen molar-refractivity contribution in [3.8, 4) is 0 Å². The van der Waals surface area contributed by atoms with Crippen LogP contribution in [-0.2, 0) is 0 Å². The van der Waals surface area contributed by atoms with Crippen molar-refractivity contribution in [3.05, 3.63) is 19.9 Å². The van der Waals surface area contributed by atoms with Gasteiger partial charge in [-0.3, -0.25) is 0 Å². The Labute approximate surface area is 473 Å². The van der Waals surface area contributed by atoms with Crippen LogP contribution in [0.5, 0.6) is 0 Å². The zero-order valence-corrected chi connectivity index (χ0v) is 55.5. The summed E-state index contributed by atoms with van der Waals surface area (Å²) in [4.78, 5) is 28.5. The Morgan fingerprint density at radius 1 is 0.243 bits per heavy atom. The van der Waals surface area contributed by atoms with Gasteiger partial charge in [-0.15, -0.1) is 24.2 Å². The first-order valence-electron chi connectivity index (χ1n) is 30.9. The van der Waals surface area contributed by atoms with Gasteiger partial charge in [0.05, 0.1) is 52.4 Å². The first-order valence-corrected chi connectivity index (χ1v) is 43.5. The van der Waals surface area contributed by atoms with Crippen LogP contribution < -0.4 is 19.6 Å². The molecule has 14 heteroatoms. The average molecular weight is 1070 g/mol. The Bertz CT molecular complexity index is 990. The second-order valence-corrected chi connectivity index (χ2v) is 43.8. The Balaban J connectivity index is 0.000000245. The summed E-state index contributed by atoms with van der Waals surface area (Å²) in [7, 11) is -5.16. The van der Waals surface area contributed by atoms with Crippen LogP contribution in [0.3, 0.4) is 0 Å². The number of quaternary nitrogens is 4. The molecular formula is C56H120Mg2N8Si4+4. The molecule has 0 aromatic rings. The fraction of sp³-hybridized carbons (Fsp3) is 1.00. The molecule has 0 bridgehead atoms. The molecule has 8 nitrogen and oxygen atoms in total. The van der Waals surface area contributed by atoms with E-state index in [4.69, 9.17) is 19.9 Å². The topological polar surface area (TPSA) is 74.2 Å². The van der Waals surface area contributed by atoms with Gasteiger partial charge in [0, 0.05) is 57.6 Å². The van der Waals surface area contributed by atoms with Gasteiger partial charge >= 0.3 is 46.1 Å². The van der Waals surface area contributed by atoms with Gasteiger partial charge in [-0.1, -0.05) is 181 Å². The third-order valence-corrected chi connectivity index (χ3v) is 27.1. The maximum atomic E-state index is 5.28. The molecular weight excluding hydrogens is 946 g/mol. The van der Waals surface area contributed by atoms with Crippen molar-refractivity contribution < 1.29 is 19.6 Å². The second-order valence-electron chi connectivity index (χ2n) is 26.9. The first-order chi connectivity index (χ1) is 32.6. The molecule has 4 saturated heterocycles. The first kappa shape index (κ1) is 66.4. The van der Waals surface area contributed by atoms with Gasteiger partial charge in [0.25, 0.3) is 0 Å². The van der Waals surface area contributed by atoms with Crippen LogP contribution >= 0.6 is 0 Å². The fourth-order valence-corrected chi connectivity index (χ4v) is 26.0. The summed E-state index contributed by atoms with van der Waals surface area (Å²) in [5, 5.41) is 0. The number of likely N-dealkylation sites (tertiary alicyclic amines) is 4. The third-order valence-electron chi connectivity index (χ3n) is 17.4. The summed E-state index contributed by atoms with van der Waals surface area (Å²) in [6.45, 7) is 31.2. The molecule has 0 aromatic carbocycles. The second kappa shape index (κ2) is 36.3. The molecule has 0 radical (unpaired) electrons. The van der Waals surface area contributed by atoms with Crippen LogP contribution in [0.1, 0.15) is 205 Å². The summed E-state index contributed by atoms with van der Waals surface area (Å²) >= 11 is 0. The minimum absolute atomic E-state index is 0. The van der Waals surface area contributed by atoms with Crippen molar-refractivity contribution in [1.82, 2.24) is 0 Å². The molecule has 70 heavy (non-hydrogen) atoms. The van der Waals surface area contributed by atoms with E-state index in [2.05, 4.69) is 52.4 Å². The standard InChI is InChI=1S/4C14H29N2Si.2Mg/c4*1-17(2,13-16-11-7-4-8-12-16)15-14-9-5-3-6-10-14;;/h4*14H,3-13H2,1-2H3;;/q4*-1;2*+2/p+4. The largest absolute Gasteiger partial charge is 2.00 e. The van der Waals surface area contributed by atoms with E-state index in [-0.39, 0.29) is 46.1 Å². The maximum absolute atomic E-state index is 5.28. The zero-order valence-electron chi connectivity index (χ0n) is 48.6. The summed E-state index contributed by atoms with van der Waals surface area (Å²) in [6.07, 6.45) is 51.3. The number of piperidine rings is 4. The van der Waals surface area contributed by atoms with Gasteiger partial charge in [0.15, 0.2) is 0 Å². The smallest absolute Gasteiger partial charge is 0.658 e. The van der Waals surface area contributed by atoms with Gasteiger partial charge in [0.1, 0.15) is 0 Å². The van der Waals surface area contributed by atoms with Crippen LogP contribution in [-0.4, -0.2) is 180 Å². The van der Waals surface area contributed by atoms with Crippen LogP contribution in [0.25, 0.3) is 19.9 Å². The van der Waals surface area contributed by atoms with E-state index >= 15 is 0 Å². The van der Waals surface area contributed by atoms with Crippen molar-refractivity contribution in [2.45, 2.75) is 282 Å². The van der Waals surface area contributed by atoms with Crippen molar-refractivity contribution in [3.63, 3.8) is 0 Å². The van der Waals surface area contributed by atoms with Crippen molar-refractivity contribution in [2.24, 2.45) is 0 Å². The van der Waals surface area contributed by atoms with Gasteiger partial charge in [-0.2, -0.15) is 0 Å². The summed E-state index contributed by atoms with van der Waals surface area (Å²) in [5.41, 5.74) is 0. The molecule has 0 spiro atoms. The molecule has 4 heterocycles. The summed E-state index contributed by atoms with van der Waals surface area (Å²) < 4.78 is 0. The molecule has 8 aliphatic rings. The zero-order chi connectivity index (χ0) is 48.6. The van der Waals surface area contributed by atoms with Gasteiger partial charge < -0.3 is 39.5 Å². The van der Waals surface area contributed by atoms with Crippen molar-refractivity contribution >= 4 is 79.0 Å². The monoisotopic (exact) mass is 1060 g/mol. The van der Waals surface area contributed by atoms with E-state index in [1.165, 1.54) is 282 Å². The number of hydrogen-bond acceptors (Lipinski definition) is 0. The Morgan fingerprint density at radius 2 is 0.386 bits per heavy atom. The van der Waals surface area contributed by atoms with Crippen molar-refractivity contribution in [1.29, 1.82) is 0 Å². The molecule has 400 valence electrons. The quantitative estimate of drug-likeness (QED) is 0.112. The predicted octanol–water partition coefficient (Wildman–Crippen LogP) is 9.26. The van der Waals surface area contributed by atoms with Crippen LogP contribution in [0.2, 0.25) is 52.4 Å². The normalized spacial score (nSPS) is 24.3. The molecule has 4 saturated carbocycles. The van der Waals surface area contributed by atoms with E-state index in [9.17, 15) is 0 Å². The van der Waals surface area contributed by atoms with E-state index in [1.807, 2.05) is 19.6 Å². The average Bonchev–Trinajstić information content (AvgIpc) is 3.31. The van der Waals surface area contributed by atoms with Gasteiger partial charge in [-0.25, -0.2) is 0 Å². The Hall–Kier alpha value is 2.08. The molecule has 4 aliphatic carbocycles. The van der Waals surface area contributed by atoms with Crippen LogP contribution in [0, 0.1) is 0 Å². The van der Waals surface area contributed by atoms with E-state index in [1.54, 1.807) is 0 Å². The molecule has 0 amide bonds. The molecule has 0 unspecified atom stereocenters. The summed E-state index contributed by atoms with van der Waals surface area (Å²) in [5.74, 6) is 0. The minimum Gasteiger partial charge on any atom is -0.658 e. The molecule has 4 aliphatic heterocycles. The van der Waals surface area contributed by atoms with E-state index < -0.39 is 32.9 Å². The number of nitrogens with zero attached hydrogens (tertiary/aromatic N) is 4.